The van der Waals surface area contributed by atoms with E-state index in [1.165, 1.54) is 100 Å². The summed E-state index contributed by atoms with van der Waals surface area (Å²) in [6.07, 6.45) is 0. The average molecular weight is 693 g/mol. The first kappa shape index (κ1) is 34.6. The Morgan fingerprint density at radius 3 is 0.852 bits per heavy atom. The molecule has 0 heteroatoms. The highest BCUT2D eigenvalue weighted by molar-refractivity contribution is 6.10. The summed E-state index contributed by atoms with van der Waals surface area (Å²) in [6.45, 7) is 8.60. The van der Waals surface area contributed by atoms with Crippen molar-refractivity contribution in [2.24, 2.45) is 0 Å². The van der Waals surface area contributed by atoms with E-state index in [-0.39, 0.29) is 0 Å². The smallest absolute Gasteiger partial charge is 0.00201 e. The normalized spacial score (nSPS) is 11.6. The molecule has 0 N–H and O–H groups in total. The lowest BCUT2D eigenvalue weighted by atomic mass is 9.79. The first-order chi connectivity index (χ1) is 26.4. The number of hydrogen-bond acceptors (Lipinski definition) is 0. The summed E-state index contributed by atoms with van der Waals surface area (Å²) < 4.78 is 0. The number of rotatable bonds is 8. The van der Waals surface area contributed by atoms with Gasteiger partial charge in [0.1, 0.15) is 0 Å². The van der Waals surface area contributed by atoms with Crippen LogP contribution < -0.4 is 0 Å². The van der Waals surface area contributed by atoms with E-state index in [0.717, 1.165) is 0 Å². The van der Waals surface area contributed by atoms with Crippen molar-refractivity contribution >= 4 is 11.1 Å². The Morgan fingerprint density at radius 2 is 0.537 bits per heavy atom. The predicted molar refractivity (Wildman–Crippen MR) is 231 cm³/mol. The maximum atomic E-state index is 2.42. The molecular weight excluding hydrogens is 649 g/mol. The van der Waals surface area contributed by atoms with Crippen LogP contribution >= 0.6 is 0 Å². The summed E-state index contributed by atoms with van der Waals surface area (Å²) >= 11 is 0. The van der Waals surface area contributed by atoms with Crippen molar-refractivity contribution in [3.63, 3.8) is 0 Å². The van der Waals surface area contributed by atoms with Gasteiger partial charge in [-0.25, -0.2) is 0 Å². The topological polar surface area (TPSA) is 0 Å². The van der Waals surface area contributed by atoms with Gasteiger partial charge in [0.2, 0.25) is 0 Å². The van der Waals surface area contributed by atoms with Crippen molar-refractivity contribution < 1.29 is 0 Å². The van der Waals surface area contributed by atoms with Gasteiger partial charge < -0.3 is 0 Å². The van der Waals surface area contributed by atoms with Crippen LogP contribution in [0.5, 0.6) is 0 Å². The van der Waals surface area contributed by atoms with Crippen molar-refractivity contribution in [3.8, 4) is 44.5 Å². The molecule has 0 spiro atoms. The van der Waals surface area contributed by atoms with E-state index in [9.17, 15) is 0 Å². The highest BCUT2D eigenvalue weighted by atomic mass is 14.3. The van der Waals surface area contributed by atoms with Gasteiger partial charge in [-0.1, -0.05) is 204 Å². The van der Waals surface area contributed by atoms with Gasteiger partial charge in [0.05, 0.1) is 0 Å². The maximum Gasteiger partial charge on any atom is -0.00201 e. The Bertz CT molecular complexity index is 2370. The molecule has 0 radical (unpaired) electrons. The fraction of sp³-hybridized carbons (Fsp3) is 0.0741. The van der Waals surface area contributed by atoms with E-state index in [0.29, 0.717) is 0 Å². The second-order valence-corrected chi connectivity index (χ2v) is 14.5. The van der Waals surface area contributed by atoms with E-state index in [4.69, 9.17) is 0 Å². The molecule has 0 saturated heterocycles. The van der Waals surface area contributed by atoms with Crippen LogP contribution in [0.4, 0.5) is 0 Å². The zero-order valence-electron chi connectivity index (χ0n) is 31.5. The molecule has 8 aromatic carbocycles. The lowest BCUT2D eigenvalue weighted by molar-refractivity contribution is 1.44. The molecule has 0 aliphatic rings. The highest BCUT2D eigenvalue weighted by Crippen LogP contribution is 2.45. The minimum Gasteiger partial charge on any atom is -0.0622 e. The van der Waals surface area contributed by atoms with Crippen molar-refractivity contribution in [3.05, 3.63) is 239 Å². The third-order valence-electron chi connectivity index (χ3n) is 10.4. The zero-order valence-corrected chi connectivity index (χ0v) is 31.5. The summed E-state index contributed by atoms with van der Waals surface area (Å²) in [5.74, 6) is 0. The van der Waals surface area contributed by atoms with Crippen LogP contribution in [0.1, 0.15) is 44.5 Å². The summed E-state index contributed by atoms with van der Waals surface area (Å²) in [5, 5.41) is 0. The van der Waals surface area contributed by atoms with E-state index in [2.05, 4.69) is 222 Å². The van der Waals surface area contributed by atoms with Gasteiger partial charge in [-0.2, -0.15) is 0 Å². The molecular formula is C54H44. The molecule has 0 aliphatic heterocycles. The summed E-state index contributed by atoms with van der Waals surface area (Å²) in [6, 6.07) is 71.7. The van der Waals surface area contributed by atoms with E-state index < -0.39 is 0 Å². The fourth-order valence-corrected chi connectivity index (χ4v) is 7.40. The zero-order chi connectivity index (χ0) is 37.0. The lowest BCUT2D eigenvalue weighted by Gasteiger charge is -2.24. The summed E-state index contributed by atoms with van der Waals surface area (Å²) in [7, 11) is 0. The van der Waals surface area contributed by atoms with Gasteiger partial charge in [-0.15, -0.1) is 0 Å². The van der Waals surface area contributed by atoms with Crippen molar-refractivity contribution in [2.45, 2.75) is 27.7 Å². The summed E-state index contributed by atoms with van der Waals surface area (Å²) in [4.78, 5) is 0. The minimum atomic E-state index is 1.17. The standard InChI is InChI=1S/C54H44/c1-37-15-23-41(24-16-37)47-31-33-49(43-27-19-39(3)20-28-43)51(35-47)53(45-11-7-5-8-12-45)54(46-13-9-6-10-14-46)52-36-48(42-25-17-38(2)18-26-42)32-34-50(52)44-29-21-40(4)22-30-44/h5-36H,1-4H3/b54-53+. The molecule has 0 fully saturated rings. The van der Waals surface area contributed by atoms with Crippen molar-refractivity contribution in [1.29, 1.82) is 0 Å². The van der Waals surface area contributed by atoms with Gasteiger partial charge in [0.15, 0.2) is 0 Å². The Labute approximate surface area is 320 Å². The maximum absolute atomic E-state index is 2.42. The molecule has 0 saturated carbocycles. The van der Waals surface area contributed by atoms with Gasteiger partial charge in [-0.3, -0.25) is 0 Å². The molecule has 0 unspecified atom stereocenters. The number of hydrogen-bond donors (Lipinski definition) is 0. The molecule has 0 heterocycles. The molecule has 260 valence electrons. The molecule has 0 atom stereocenters. The fourth-order valence-electron chi connectivity index (χ4n) is 7.40. The van der Waals surface area contributed by atoms with Crippen LogP contribution in [0.15, 0.2) is 194 Å². The average Bonchev–Trinajstić information content (AvgIpc) is 3.21. The molecule has 0 amide bonds. The van der Waals surface area contributed by atoms with E-state index >= 15 is 0 Å². The first-order valence-corrected chi connectivity index (χ1v) is 18.8. The molecule has 54 heavy (non-hydrogen) atoms. The van der Waals surface area contributed by atoms with E-state index in [1.807, 2.05) is 0 Å². The Hall–Kier alpha value is -6.50. The van der Waals surface area contributed by atoms with Crippen LogP contribution in [0, 0.1) is 27.7 Å². The number of aryl methyl sites for hydroxylation is 4. The van der Waals surface area contributed by atoms with Crippen molar-refractivity contribution in [1.82, 2.24) is 0 Å². The van der Waals surface area contributed by atoms with Crippen LogP contribution in [-0.4, -0.2) is 0 Å². The third-order valence-corrected chi connectivity index (χ3v) is 10.4. The van der Waals surface area contributed by atoms with Gasteiger partial charge in [0.25, 0.3) is 0 Å². The molecule has 0 bridgehead atoms. The third kappa shape index (κ3) is 7.25. The van der Waals surface area contributed by atoms with Crippen LogP contribution in [0.3, 0.4) is 0 Å². The highest BCUT2D eigenvalue weighted by Gasteiger charge is 2.23. The van der Waals surface area contributed by atoms with Crippen molar-refractivity contribution in [2.75, 3.05) is 0 Å². The molecule has 8 aromatic rings. The van der Waals surface area contributed by atoms with Crippen LogP contribution in [0.2, 0.25) is 0 Å². The van der Waals surface area contributed by atoms with Crippen LogP contribution in [-0.2, 0) is 0 Å². The van der Waals surface area contributed by atoms with Gasteiger partial charge in [-0.05, 0) is 118 Å². The molecule has 0 aliphatic carbocycles. The Balaban J connectivity index is 1.54. The molecule has 0 nitrogen and oxygen atoms in total. The predicted octanol–water partition coefficient (Wildman–Crippen LogP) is 14.6. The lowest BCUT2D eigenvalue weighted by Crippen LogP contribution is -2.02. The Morgan fingerprint density at radius 1 is 0.259 bits per heavy atom. The van der Waals surface area contributed by atoms with Gasteiger partial charge >= 0.3 is 0 Å². The Kier molecular flexibility index (Phi) is 9.75. The second kappa shape index (κ2) is 15.2. The first-order valence-electron chi connectivity index (χ1n) is 18.8. The SMILES string of the molecule is Cc1ccc(-c2ccc(-c3ccc(C)cc3)c(/C(=C(\c3ccccc3)c3cc(-c4ccc(C)cc4)ccc3-c3ccc(C)cc3)c3ccccc3)c2)cc1. The summed E-state index contributed by atoms with van der Waals surface area (Å²) in [5.41, 5.74) is 21.7. The van der Waals surface area contributed by atoms with E-state index in [1.54, 1.807) is 0 Å². The largest absolute Gasteiger partial charge is 0.0622 e. The monoisotopic (exact) mass is 692 g/mol. The minimum absolute atomic E-state index is 1.17. The molecule has 8 rings (SSSR count). The quantitative estimate of drug-likeness (QED) is 0.139. The van der Waals surface area contributed by atoms with Gasteiger partial charge in [0, 0.05) is 0 Å². The van der Waals surface area contributed by atoms with Crippen LogP contribution in [0.25, 0.3) is 55.7 Å². The second-order valence-electron chi connectivity index (χ2n) is 14.5. The number of benzene rings is 8. The molecule has 0 aromatic heterocycles.